The fraction of sp³-hybridized carbons (Fsp3) is 1.00. The Balaban J connectivity index is 1.86. The van der Waals surface area contributed by atoms with Crippen molar-refractivity contribution in [3.63, 3.8) is 0 Å². The van der Waals surface area contributed by atoms with Crippen molar-refractivity contribution < 1.29 is 4.74 Å². The van der Waals surface area contributed by atoms with Crippen molar-refractivity contribution >= 4 is 0 Å². The van der Waals surface area contributed by atoms with Crippen molar-refractivity contribution in [1.82, 2.24) is 5.32 Å². The highest BCUT2D eigenvalue weighted by Crippen LogP contribution is 2.50. The Labute approximate surface area is 107 Å². The summed E-state index contributed by atoms with van der Waals surface area (Å²) in [5.74, 6) is 3.07. The lowest BCUT2D eigenvalue weighted by atomic mass is 9.82. The van der Waals surface area contributed by atoms with Gasteiger partial charge < -0.3 is 10.1 Å². The molecule has 2 saturated carbocycles. The van der Waals surface area contributed by atoms with E-state index >= 15 is 0 Å². The molecular weight excluding hydrogens is 210 g/mol. The number of nitrogens with one attached hydrogen (secondary N) is 1. The van der Waals surface area contributed by atoms with E-state index in [-0.39, 0.29) is 0 Å². The molecule has 0 amide bonds. The largest absolute Gasteiger partial charge is 0.380 e. The van der Waals surface area contributed by atoms with Crippen molar-refractivity contribution in [3.8, 4) is 0 Å². The van der Waals surface area contributed by atoms with Gasteiger partial charge in [-0.3, -0.25) is 0 Å². The zero-order chi connectivity index (χ0) is 12.3. The summed E-state index contributed by atoms with van der Waals surface area (Å²) in [5, 5.41) is 3.50. The highest BCUT2D eigenvalue weighted by molar-refractivity contribution is 4.92. The van der Waals surface area contributed by atoms with Crippen molar-refractivity contribution in [2.45, 2.75) is 64.0 Å². The first kappa shape index (κ1) is 13.4. The van der Waals surface area contributed by atoms with Crippen LogP contribution in [0.2, 0.25) is 0 Å². The van der Waals surface area contributed by atoms with Crippen LogP contribution in [-0.4, -0.2) is 26.3 Å². The average molecular weight is 239 g/mol. The number of likely N-dealkylation sites (N-methyl/N-ethyl adjacent to an activating group) is 1. The van der Waals surface area contributed by atoms with Crippen LogP contribution in [0.25, 0.3) is 0 Å². The molecule has 2 nitrogen and oxygen atoms in total. The molecule has 0 aromatic heterocycles. The summed E-state index contributed by atoms with van der Waals surface area (Å²) >= 11 is 0. The van der Waals surface area contributed by atoms with Gasteiger partial charge in [0.25, 0.3) is 0 Å². The zero-order valence-electron chi connectivity index (χ0n) is 11.7. The number of methoxy groups -OCH3 is 1. The van der Waals surface area contributed by atoms with Crippen molar-refractivity contribution in [1.29, 1.82) is 0 Å². The molecule has 2 bridgehead atoms. The Morgan fingerprint density at radius 1 is 1.29 bits per heavy atom. The first-order valence-electron chi connectivity index (χ1n) is 7.48. The summed E-state index contributed by atoms with van der Waals surface area (Å²) < 4.78 is 5.67. The second kappa shape index (κ2) is 6.19. The molecule has 2 heteroatoms. The summed E-state index contributed by atoms with van der Waals surface area (Å²) in [7, 11) is 3.96. The maximum Gasteiger partial charge on any atom is 0.0724 e. The summed E-state index contributed by atoms with van der Waals surface area (Å²) in [6.45, 7) is 2.25. The molecular formula is C15H29NO. The molecule has 5 unspecified atom stereocenters. The molecule has 2 rings (SSSR count). The number of hydrogen-bond acceptors (Lipinski definition) is 2. The molecule has 5 atom stereocenters. The zero-order valence-corrected chi connectivity index (χ0v) is 11.7. The molecule has 0 spiro atoms. The van der Waals surface area contributed by atoms with Crippen LogP contribution in [0.3, 0.4) is 0 Å². The van der Waals surface area contributed by atoms with Crippen LogP contribution in [0.5, 0.6) is 0 Å². The van der Waals surface area contributed by atoms with Crippen molar-refractivity contribution in [2.24, 2.45) is 17.8 Å². The van der Waals surface area contributed by atoms with E-state index in [0.29, 0.717) is 12.1 Å². The van der Waals surface area contributed by atoms with E-state index in [1.165, 1.54) is 44.9 Å². The highest BCUT2D eigenvalue weighted by Gasteiger charge is 2.40. The van der Waals surface area contributed by atoms with E-state index in [2.05, 4.69) is 19.3 Å². The Morgan fingerprint density at radius 2 is 2.12 bits per heavy atom. The third kappa shape index (κ3) is 3.03. The van der Waals surface area contributed by atoms with Gasteiger partial charge in [-0.05, 0) is 56.9 Å². The highest BCUT2D eigenvalue weighted by atomic mass is 16.5. The number of hydrogen-bond donors (Lipinski definition) is 1. The van der Waals surface area contributed by atoms with Gasteiger partial charge in [0.15, 0.2) is 0 Å². The third-order valence-corrected chi connectivity index (χ3v) is 5.14. The molecule has 2 fully saturated rings. The summed E-state index contributed by atoms with van der Waals surface area (Å²) in [4.78, 5) is 0. The second-order valence-electron chi connectivity index (χ2n) is 6.13. The molecule has 0 heterocycles. The maximum absolute atomic E-state index is 5.67. The first-order valence-corrected chi connectivity index (χ1v) is 7.48. The quantitative estimate of drug-likeness (QED) is 0.736. The lowest BCUT2D eigenvalue weighted by Crippen LogP contribution is -2.41. The van der Waals surface area contributed by atoms with E-state index in [4.69, 9.17) is 4.74 Å². The molecule has 17 heavy (non-hydrogen) atoms. The van der Waals surface area contributed by atoms with Gasteiger partial charge in [-0.1, -0.05) is 19.8 Å². The van der Waals surface area contributed by atoms with Crippen molar-refractivity contribution in [2.75, 3.05) is 14.2 Å². The SMILES string of the molecule is CCCC(OC)C(CC1CC2CCC1C2)NC. The van der Waals surface area contributed by atoms with Crippen LogP contribution in [0.4, 0.5) is 0 Å². The van der Waals surface area contributed by atoms with Gasteiger partial charge in [0.05, 0.1) is 6.10 Å². The molecule has 2 aliphatic rings. The lowest BCUT2D eigenvalue weighted by Gasteiger charge is -2.31. The molecule has 0 aromatic rings. The van der Waals surface area contributed by atoms with E-state index < -0.39 is 0 Å². The molecule has 0 radical (unpaired) electrons. The minimum atomic E-state index is 0.407. The van der Waals surface area contributed by atoms with Gasteiger partial charge in [-0.2, -0.15) is 0 Å². The molecule has 2 aliphatic carbocycles. The van der Waals surface area contributed by atoms with Gasteiger partial charge in [0.1, 0.15) is 0 Å². The Morgan fingerprint density at radius 3 is 2.59 bits per heavy atom. The van der Waals surface area contributed by atoms with Gasteiger partial charge >= 0.3 is 0 Å². The number of ether oxygens (including phenoxy) is 1. The normalized spacial score (nSPS) is 35.1. The first-order chi connectivity index (χ1) is 8.28. The Bertz CT molecular complexity index is 231. The lowest BCUT2D eigenvalue weighted by molar-refractivity contribution is 0.0514. The van der Waals surface area contributed by atoms with Crippen LogP contribution in [0.1, 0.15) is 51.9 Å². The molecule has 100 valence electrons. The fourth-order valence-electron chi connectivity index (χ4n) is 4.21. The number of fused-ring (bicyclic) bond motifs is 2. The van der Waals surface area contributed by atoms with Gasteiger partial charge in [0, 0.05) is 13.2 Å². The molecule has 0 aliphatic heterocycles. The van der Waals surface area contributed by atoms with Crippen LogP contribution in [0.15, 0.2) is 0 Å². The average Bonchev–Trinajstić information content (AvgIpc) is 2.95. The summed E-state index contributed by atoms with van der Waals surface area (Å²) in [5.41, 5.74) is 0. The van der Waals surface area contributed by atoms with Gasteiger partial charge in [0.2, 0.25) is 0 Å². The minimum absolute atomic E-state index is 0.407. The molecule has 0 saturated heterocycles. The third-order valence-electron chi connectivity index (χ3n) is 5.14. The van der Waals surface area contributed by atoms with Crippen LogP contribution >= 0.6 is 0 Å². The minimum Gasteiger partial charge on any atom is -0.380 e. The predicted octanol–water partition coefficient (Wildman–Crippen LogP) is 3.22. The summed E-state index contributed by atoms with van der Waals surface area (Å²) in [6.07, 6.45) is 10.2. The van der Waals surface area contributed by atoms with E-state index in [9.17, 15) is 0 Å². The standard InChI is InChI=1S/C15H29NO/c1-4-5-15(17-3)14(16-2)10-13-9-11-6-7-12(13)8-11/h11-16H,4-10H2,1-3H3. The molecule has 1 N–H and O–H groups in total. The predicted molar refractivity (Wildman–Crippen MR) is 72.1 cm³/mol. The van der Waals surface area contributed by atoms with E-state index in [0.717, 1.165) is 17.8 Å². The van der Waals surface area contributed by atoms with Crippen LogP contribution in [0, 0.1) is 17.8 Å². The smallest absolute Gasteiger partial charge is 0.0724 e. The van der Waals surface area contributed by atoms with Crippen molar-refractivity contribution in [3.05, 3.63) is 0 Å². The van der Waals surface area contributed by atoms with Crippen LogP contribution < -0.4 is 5.32 Å². The number of rotatable bonds is 7. The van der Waals surface area contributed by atoms with E-state index in [1.807, 2.05) is 7.11 Å². The Kier molecular flexibility index (Phi) is 4.87. The topological polar surface area (TPSA) is 21.3 Å². The maximum atomic E-state index is 5.67. The summed E-state index contributed by atoms with van der Waals surface area (Å²) in [6, 6.07) is 0.560. The van der Waals surface area contributed by atoms with Crippen LogP contribution in [-0.2, 0) is 4.74 Å². The van der Waals surface area contributed by atoms with E-state index in [1.54, 1.807) is 0 Å². The fourth-order valence-corrected chi connectivity index (χ4v) is 4.21. The monoisotopic (exact) mass is 239 g/mol. The molecule has 0 aromatic carbocycles. The second-order valence-corrected chi connectivity index (χ2v) is 6.13. The van der Waals surface area contributed by atoms with Gasteiger partial charge in [-0.15, -0.1) is 0 Å². The van der Waals surface area contributed by atoms with Gasteiger partial charge in [-0.25, -0.2) is 0 Å². The Hall–Kier alpha value is -0.0800.